The molecule has 2 heterocycles. The van der Waals surface area contributed by atoms with Gasteiger partial charge in [-0.1, -0.05) is 47.5 Å². The fourth-order valence-electron chi connectivity index (χ4n) is 3.27. The average Bonchev–Trinajstić information content (AvgIpc) is 3.13. The van der Waals surface area contributed by atoms with Gasteiger partial charge in [0.1, 0.15) is 0 Å². The molecule has 4 rings (SSSR count). The van der Waals surface area contributed by atoms with E-state index >= 15 is 0 Å². The topological polar surface area (TPSA) is 38.1 Å². The molecule has 0 saturated heterocycles. The second kappa shape index (κ2) is 6.45. The first-order valence-electron chi connectivity index (χ1n) is 8.41. The van der Waals surface area contributed by atoms with Crippen LogP contribution in [-0.4, -0.2) is 26.6 Å². The molecule has 0 radical (unpaired) electrons. The minimum Gasteiger partial charge on any atom is -0.330 e. The summed E-state index contributed by atoms with van der Waals surface area (Å²) < 4.78 is 1.77. The van der Waals surface area contributed by atoms with Crippen LogP contribution in [0.2, 0.25) is 10.0 Å². The van der Waals surface area contributed by atoms with Crippen molar-refractivity contribution in [1.29, 1.82) is 0 Å². The molecule has 0 atom stereocenters. The molecule has 0 bridgehead atoms. The number of carbonyl (C=O) groups is 1. The van der Waals surface area contributed by atoms with Crippen LogP contribution in [0.4, 0.5) is 0 Å². The predicted molar refractivity (Wildman–Crippen MR) is 104 cm³/mol. The van der Waals surface area contributed by atoms with E-state index in [0.717, 1.165) is 22.5 Å². The van der Waals surface area contributed by atoms with Gasteiger partial charge in [-0.05, 0) is 38.1 Å². The van der Waals surface area contributed by atoms with Crippen molar-refractivity contribution in [3.63, 3.8) is 0 Å². The summed E-state index contributed by atoms with van der Waals surface area (Å²) in [6.07, 6.45) is 0. The maximum atomic E-state index is 12.8. The van der Waals surface area contributed by atoms with Gasteiger partial charge in [-0.3, -0.25) is 4.79 Å². The number of hydrogen-bond donors (Lipinski definition) is 0. The molecule has 6 heteroatoms. The van der Waals surface area contributed by atoms with Crippen molar-refractivity contribution >= 4 is 29.1 Å². The monoisotopic (exact) mass is 385 g/mol. The molecule has 0 saturated carbocycles. The number of aromatic nitrogens is 2. The minimum atomic E-state index is -0.0454. The van der Waals surface area contributed by atoms with Gasteiger partial charge in [-0.25, -0.2) is 4.68 Å². The smallest absolute Gasteiger partial charge is 0.275 e. The maximum Gasteiger partial charge on any atom is 0.275 e. The Morgan fingerprint density at radius 3 is 2.38 bits per heavy atom. The molecular formula is C20H17Cl2N3O. The number of carbonyl (C=O) groups excluding carboxylic acids is 1. The van der Waals surface area contributed by atoms with Crippen LogP contribution in [-0.2, 0) is 6.54 Å². The summed E-state index contributed by atoms with van der Waals surface area (Å²) in [6, 6.07) is 15.2. The lowest BCUT2D eigenvalue weighted by molar-refractivity contribution is 0.0724. The standard InChI is InChI=1S/C20H17Cl2N3O/c1-12(2)24-11-15-18(20(24)26)23-25(17-6-4-3-5-16(17)22)19(15)13-7-9-14(21)10-8-13/h3-10,12H,11H2,1-2H3. The molecule has 1 amide bonds. The molecule has 0 aliphatic carbocycles. The third kappa shape index (κ3) is 2.70. The molecule has 2 aromatic carbocycles. The molecule has 0 unspecified atom stereocenters. The Morgan fingerprint density at radius 1 is 1.04 bits per heavy atom. The summed E-state index contributed by atoms with van der Waals surface area (Å²) in [5, 5.41) is 5.88. The number of fused-ring (bicyclic) bond motifs is 1. The van der Waals surface area contributed by atoms with Crippen LogP contribution in [0.15, 0.2) is 48.5 Å². The highest BCUT2D eigenvalue weighted by atomic mass is 35.5. The quantitative estimate of drug-likeness (QED) is 0.620. The lowest BCUT2D eigenvalue weighted by Gasteiger charge is -2.21. The van der Waals surface area contributed by atoms with E-state index in [1.54, 1.807) is 4.68 Å². The van der Waals surface area contributed by atoms with Crippen LogP contribution >= 0.6 is 23.2 Å². The highest BCUT2D eigenvalue weighted by Crippen LogP contribution is 2.37. The summed E-state index contributed by atoms with van der Waals surface area (Å²) in [6.45, 7) is 4.55. The second-order valence-electron chi connectivity index (χ2n) is 6.57. The van der Waals surface area contributed by atoms with Crippen molar-refractivity contribution in [2.75, 3.05) is 0 Å². The van der Waals surface area contributed by atoms with E-state index in [1.165, 1.54) is 0 Å². The van der Waals surface area contributed by atoms with Crippen molar-refractivity contribution in [1.82, 2.24) is 14.7 Å². The molecule has 132 valence electrons. The number of hydrogen-bond acceptors (Lipinski definition) is 2. The normalized spacial score (nSPS) is 13.6. The van der Waals surface area contributed by atoms with Gasteiger partial charge in [0.15, 0.2) is 5.69 Å². The molecule has 0 spiro atoms. The predicted octanol–water partition coefficient (Wildman–Crippen LogP) is 5.21. The van der Waals surface area contributed by atoms with Crippen molar-refractivity contribution < 1.29 is 4.79 Å². The fraction of sp³-hybridized carbons (Fsp3) is 0.200. The molecule has 1 aromatic heterocycles. The van der Waals surface area contributed by atoms with Gasteiger partial charge < -0.3 is 4.90 Å². The lowest BCUT2D eigenvalue weighted by Crippen LogP contribution is -2.31. The Hall–Kier alpha value is -2.30. The summed E-state index contributed by atoms with van der Waals surface area (Å²) in [7, 11) is 0. The van der Waals surface area contributed by atoms with Crippen LogP contribution in [0.3, 0.4) is 0 Å². The third-order valence-corrected chi connectivity index (χ3v) is 5.17. The average molecular weight is 386 g/mol. The van der Waals surface area contributed by atoms with Gasteiger partial charge in [0.25, 0.3) is 5.91 Å². The Kier molecular flexibility index (Phi) is 4.25. The summed E-state index contributed by atoms with van der Waals surface area (Å²) in [5.74, 6) is -0.0454. The van der Waals surface area contributed by atoms with Crippen LogP contribution < -0.4 is 0 Å². The maximum absolute atomic E-state index is 12.8. The zero-order valence-corrected chi connectivity index (χ0v) is 15.9. The number of benzene rings is 2. The molecule has 1 aliphatic heterocycles. The first kappa shape index (κ1) is 17.1. The molecule has 4 nitrogen and oxygen atoms in total. The van der Waals surface area contributed by atoms with Crippen molar-refractivity contribution in [2.45, 2.75) is 26.4 Å². The largest absolute Gasteiger partial charge is 0.330 e. The van der Waals surface area contributed by atoms with E-state index in [0.29, 0.717) is 22.3 Å². The van der Waals surface area contributed by atoms with Gasteiger partial charge in [-0.15, -0.1) is 0 Å². The second-order valence-corrected chi connectivity index (χ2v) is 7.42. The van der Waals surface area contributed by atoms with Crippen molar-refractivity contribution in [2.24, 2.45) is 0 Å². The molecule has 3 aromatic rings. The van der Waals surface area contributed by atoms with Gasteiger partial charge >= 0.3 is 0 Å². The SMILES string of the molecule is CC(C)N1Cc2c(nn(-c3ccccc3Cl)c2-c2ccc(Cl)cc2)C1=O. The van der Waals surface area contributed by atoms with E-state index < -0.39 is 0 Å². The highest BCUT2D eigenvalue weighted by molar-refractivity contribution is 6.32. The van der Waals surface area contributed by atoms with Crippen LogP contribution in [0.5, 0.6) is 0 Å². The molecule has 26 heavy (non-hydrogen) atoms. The van der Waals surface area contributed by atoms with Crippen LogP contribution in [0.1, 0.15) is 29.9 Å². The third-order valence-electron chi connectivity index (χ3n) is 4.60. The Bertz CT molecular complexity index is 993. The number of nitrogens with zero attached hydrogens (tertiary/aromatic N) is 3. The zero-order valence-electron chi connectivity index (χ0n) is 14.4. The van der Waals surface area contributed by atoms with E-state index in [4.69, 9.17) is 23.2 Å². The first-order chi connectivity index (χ1) is 12.5. The van der Waals surface area contributed by atoms with Gasteiger partial charge in [0, 0.05) is 22.2 Å². The molecule has 0 fully saturated rings. The number of para-hydroxylation sites is 1. The van der Waals surface area contributed by atoms with E-state index in [2.05, 4.69) is 5.10 Å². The fourth-order valence-corrected chi connectivity index (χ4v) is 3.61. The summed E-state index contributed by atoms with van der Waals surface area (Å²) in [5.41, 5.74) is 3.98. The highest BCUT2D eigenvalue weighted by Gasteiger charge is 2.36. The number of rotatable bonds is 3. The molecular weight excluding hydrogens is 369 g/mol. The lowest BCUT2D eigenvalue weighted by atomic mass is 10.1. The van der Waals surface area contributed by atoms with E-state index in [-0.39, 0.29) is 11.9 Å². The van der Waals surface area contributed by atoms with Crippen molar-refractivity contribution in [3.8, 4) is 16.9 Å². The van der Waals surface area contributed by atoms with Crippen LogP contribution in [0.25, 0.3) is 16.9 Å². The van der Waals surface area contributed by atoms with Crippen LogP contribution in [0, 0.1) is 0 Å². The molecule has 0 N–H and O–H groups in total. The first-order valence-corrected chi connectivity index (χ1v) is 9.16. The zero-order chi connectivity index (χ0) is 18.4. The Labute approximate surface area is 161 Å². The van der Waals surface area contributed by atoms with Crippen molar-refractivity contribution in [3.05, 3.63) is 69.8 Å². The van der Waals surface area contributed by atoms with Gasteiger partial charge in [-0.2, -0.15) is 5.10 Å². The van der Waals surface area contributed by atoms with E-state index in [1.807, 2.05) is 67.3 Å². The van der Waals surface area contributed by atoms with E-state index in [9.17, 15) is 4.79 Å². The molecule has 1 aliphatic rings. The summed E-state index contributed by atoms with van der Waals surface area (Å²) in [4.78, 5) is 14.6. The number of halogens is 2. The van der Waals surface area contributed by atoms with Gasteiger partial charge in [0.2, 0.25) is 0 Å². The Morgan fingerprint density at radius 2 is 1.73 bits per heavy atom. The minimum absolute atomic E-state index is 0.0454. The Balaban J connectivity index is 1.96. The number of amides is 1. The summed E-state index contributed by atoms with van der Waals surface area (Å²) >= 11 is 12.5. The van der Waals surface area contributed by atoms with Gasteiger partial charge in [0.05, 0.1) is 22.9 Å².